The SMILES string of the molecule is CC(Nc1ccc(Br)c(Cl)c1)c1ccccc1Cl. The van der Waals surface area contributed by atoms with E-state index in [0.29, 0.717) is 5.02 Å². The second-order valence-electron chi connectivity index (χ2n) is 4.02. The predicted molar refractivity (Wildman–Crippen MR) is 82.6 cm³/mol. The molecule has 0 aliphatic heterocycles. The van der Waals surface area contributed by atoms with Gasteiger partial charge in [0.25, 0.3) is 0 Å². The molecule has 18 heavy (non-hydrogen) atoms. The van der Waals surface area contributed by atoms with Crippen molar-refractivity contribution in [1.82, 2.24) is 0 Å². The molecule has 1 nitrogen and oxygen atoms in total. The number of anilines is 1. The van der Waals surface area contributed by atoms with Gasteiger partial charge in [0.15, 0.2) is 0 Å². The standard InChI is InChI=1S/C14H12BrCl2N/c1-9(11-4-2-3-5-13(11)16)18-10-6-7-12(15)14(17)8-10/h2-9,18H,1H3. The van der Waals surface area contributed by atoms with Gasteiger partial charge in [-0.3, -0.25) is 0 Å². The van der Waals surface area contributed by atoms with Crippen LogP contribution in [-0.4, -0.2) is 0 Å². The summed E-state index contributed by atoms with van der Waals surface area (Å²) < 4.78 is 0.889. The summed E-state index contributed by atoms with van der Waals surface area (Å²) in [5.74, 6) is 0. The number of rotatable bonds is 3. The van der Waals surface area contributed by atoms with Crippen molar-refractivity contribution in [3.63, 3.8) is 0 Å². The van der Waals surface area contributed by atoms with Crippen LogP contribution in [0.25, 0.3) is 0 Å². The first-order chi connectivity index (χ1) is 8.58. The summed E-state index contributed by atoms with van der Waals surface area (Å²) in [5, 5.41) is 4.83. The van der Waals surface area contributed by atoms with Crippen molar-refractivity contribution in [1.29, 1.82) is 0 Å². The molecule has 4 heteroatoms. The molecule has 0 aliphatic carbocycles. The Balaban J connectivity index is 2.19. The van der Waals surface area contributed by atoms with E-state index in [9.17, 15) is 0 Å². The molecule has 2 aromatic rings. The third-order valence-electron chi connectivity index (χ3n) is 2.67. The summed E-state index contributed by atoms with van der Waals surface area (Å²) in [6.07, 6.45) is 0. The topological polar surface area (TPSA) is 12.0 Å². The van der Waals surface area contributed by atoms with Gasteiger partial charge in [0.05, 0.1) is 5.02 Å². The molecule has 94 valence electrons. The van der Waals surface area contributed by atoms with Crippen molar-refractivity contribution in [3.05, 3.63) is 62.5 Å². The lowest BCUT2D eigenvalue weighted by Crippen LogP contribution is -2.07. The van der Waals surface area contributed by atoms with Crippen LogP contribution in [0.3, 0.4) is 0 Å². The van der Waals surface area contributed by atoms with Crippen molar-refractivity contribution in [2.75, 3.05) is 5.32 Å². The second-order valence-corrected chi connectivity index (χ2v) is 5.69. The van der Waals surface area contributed by atoms with Crippen LogP contribution in [0.15, 0.2) is 46.9 Å². The fourth-order valence-electron chi connectivity index (χ4n) is 1.74. The summed E-state index contributed by atoms with van der Waals surface area (Å²) in [6, 6.07) is 13.7. The number of nitrogens with one attached hydrogen (secondary N) is 1. The van der Waals surface area contributed by atoms with Gasteiger partial charge in [0.1, 0.15) is 0 Å². The highest BCUT2D eigenvalue weighted by Gasteiger charge is 2.09. The molecule has 2 aromatic carbocycles. The monoisotopic (exact) mass is 343 g/mol. The fourth-order valence-corrected chi connectivity index (χ4v) is 2.47. The van der Waals surface area contributed by atoms with Crippen LogP contribution in [0, 0.1) is 0 Å². The molecule has 1 unspecified atom stereocenters. The molecule has 0 bridgehead atoms. The number of halogens is 3. The van der Waals surface area contributed by atoms with Gasteiger partial charge < -0.3 is 5.32 Å². The average Bonchev–Trinajstić information content (AvgIpc) is 2.34. The Morgan fingerprint density at radius 1 is 1.06 bits per heavy atom. The first kappa shape index (κ1) is 13.7. The lowest BCUT2D eigenvalue weighted by molar-refractivity contribution is 0.885. The van der Waals surface area contributed by atoms with Gasteiger partial charge in [0, 0.05) is 21.2 Å². The number of benzene rings is 2. The van der Waals surface area contributed by atoms with Crippen LogP contribution in [-0.2, 0) is 0 Å². The van der Waals surface area contributed by atoms with E-state index in [2.05, 4.69) is 28.2 Å². The number of hydrogen-bond acceptors (Lipinski definition) is 1. The van der Waals surface area contributed by atoms with E-state index in [-0.39, 0.29) is 6.04 Å². The lowest BCUT2D eigenvalue weighted by Gasteiger charge is -2.17. The van der Waals surface area contributed by atoms with Gasteiger partial charge in [-0.2, -0.15) is 0 Å². The molecule has 0 heterocycles. The van der Waals surface area contributed by atoms with E-state index in [4.69, 9.17) is 23.2 Å². The maximum Gasteiger partial charge on any atom is 0.0568 e. The van der Waals surface area contributed by atoms with Crippen LogP contribution in [0.1, 0.15) is 18.5 Å². The molecule has 0 saturated carbocycles. The Hall–Kier alpha value is -0.700. The van der Waals surface area contributed by atoms with Gasteiger partial charge in [-0.1, -0.05) is 41.4 Å². The predicted octanol–water partition coefficient (Wildman–Crippen LogP) is 5.93. The van der Waals surface area contributed by atoms with E-state index in [1.807, 2.05) is 42.5 Å². The summed E-state index contributed by atoms with van der Waals surface area (Å²) >= 11 is 15.6. The van der Waals surface area contributed by atoms with Crippen LogP contribution in [0.2, 0.25) is 10.0 Å². The first-order valence-corrected chi connectivity index (χ1v) is 7.09. The van der Waals surface area contributed by atoms with E-state index in [1.54, 1.807) is 0 Å². The molecule has 0 saturated heterocycles. The first-order valence-electron chi connectivity index (χ1n) is 5.54. The second kappa shape index (κ2) is 5.96. The molecule has 0 aliphatic rings. The Morgan fingerprint density at radius 2 is 1.78 bits per heavy atom. The Bertz CT molecular complexity index is 557. The minimum absolute atomic E-state index is 0.121. The maximum atomic E-state index is 6.17. The van der Waals surface area contributed by atoms with Gasteiger partial charge in [-0.15, -0.1) is 0 Å². The lowest BCUT2D eigenvalue weighted by atomic mass is 10.1. The van der Waals surface area contributed by atoms with Gasteiger partial charge in [-0.05, 0) is 52.7 Å². The summed E-state index contributed by atoms with van der Waals surface area (Å²) in [4.78, 5) is 0. The third kappa shape index (κ3) is 3.19. The van der Waals surface area contributed by atoms with E-state index >= 15 is 0 Å². The summed E-state index contributed by atoms with van der Waals surface area (Å²) in [5.41, 5.74) is 2.04. The number of hydrogen-bond donors (Lipinski definition) is 1. The molecule has 1 N–H and O–H groups in total. The van der Waals surface area contributed by atoms with Crippen molar-refractivity contribution >= 4 is 44.8 Å². The van der Waals surface area contributed by atoms with Crippen LogP contribution < -0.4 is 5.32 Å². The molecule has 0 spiro atoms. The van der Waals surface area contributed by atoms with Crippen molar-refractivity contribution in [3.8, 4) is 0 Å². The quantitative estimate of drug-likeness (QED) is 0.727. The summed E-state index contributed by atoms with van der Waals surface area (Å²) in [6.45, 7) is 2.07. The zero-order valence-corrected chi connectivity index (χ0v) is 12.9. The van der Waals surface area contributed by atoms with Crippen molar-refractivity contribution in [2.45, 2.75) is 13.0 Å². The molecule has 0 amide bonds. The molecule has 2 rings (SSSR count). The van der Waals surface area contributed by atoms with E-state index < -0.39 is 0 Å². The smallest absolute Gasteiger partial charge is 0.0568 e. The average molecular weight is 345 g/mol. The highest BCUT2D eigenvalue weighted by atomic mass is 79.9. The van der Waals surface area contributed by atoms with Gasteiger partial charge in [-0.25, -0.2) is 0 Å². The van der Waals surface area contributed by atoms with Gasteiger partial charge >= 0.3 is 0 Å². The largest absolute Gasteiger partial charge is 0.378 e. The molecule has 0 aromatic heterocycles. The Morgan fingerprint density at radius 3 is 2.44 bits per heavy atom. The third-order valence-corrected chi connectivity index (χ3v) is 4.25. The van der Waals surface area contributed by atoms with Crippen LogP contribution in [0.4, 0.5) is 5.69 Å². The zero-order chi connectivity index (χ0) is 13.1. The maximum absolute atomic E-state index is 6.17. The van der Waals surface area contributed by atoms with E-state index in [1.165, 1.54) is 0 Å². The van der Waals surface area contributed by atoms with Crippen LogP contribution >= 0.6 is 39.1 Å². The molecular weight excluding hydrogens is 333 g/mol. The summed E-state index contributed by atoms with van der Waals surface area (Å²) in [7, 11) is 0. The van der Waals surface area contributed by atoms with Crippen molar-refractivity contribution in [2.24, 2.45) is 0 Å². The molecular formula is C14H12BrCl2N. The molecule has 1 atom stereocenters. The molecule has 0 radical (unpaired) electrons. The molecule has 0 fully saturated rings. The van der Waals surface area contributed by atoms with Crippen molar-refractivity contribution < 1.29 is 0 Å². The minimum Gasteiger partial charge on any atom is -0.378 e. The minimum atomic E-state index is 0.121. The highest BCUT2D eigenvalue weighted by molar-refractivity contribution is 9.10. The Labute approximate surface area is 125 Å². The zero-order valence-electron chi connectivity index (χ0n) is 9.75. The van der Waals surface area contributed by atoms with E-state index in [0.717, 1.165) is 20.7 Å². The van der Waals surface area contributed by atoms with Crippen LogP contribution in [0.5, 0.6) is 0 Å². The fraction of sp³-hybridized carbons (Fsp3) is 0.143. The highest BCUT2D eigenvalue weighted by Crippen LogP contribution is 2.29. The Kier molecular flexibility index (Phi) is 4.55. The normalized spacial score (nSPS) is 12.2. The van der Waals surface area contributed by atoms with Gasteiger partial charge in [0.2, 0.25) is 0 Å².